The molecule has 2 heterocycles. The van der Waals surface area contributed by atoms with Crippen molar-refractivity contribution in [3.8, 4) is 11.4 Å². The summed E-state index contributed by atoms with van der Waals surface area (Å²) in [5, 5.41) is 6.68. The Kier molecular flexibility index (Phi) is 5.56. The van der Waals surface area contributed by atoms with Crippen LogP contribution in [0.3, 0.4) is 0 Å². The molecule has 166 valence electrons. The minimum Gasteiger partial charge on any atom is -0.406 e. The molecule has 1 fully saturated rings. The number of hydrogen-bond acceptors (Lipinski definition) is 4. The summed E-state index contributed by atoms with van der Waals surface area (Å²) in [5.74, 6) is -1.97. The van der Waals surface area contributed by atoms with E-state index in [-0.39, 0.29) is 24.3 Å². The summed E-state index contributed by atoms with van der Waals surface area (Å²) in [7, 11) is 0. The minimum atomic E-state index is -4.85. The van der Waals surface area contributed by atoms with Crippen LogP contribution in [0.4, 0.5) is 23.2 Å². The third kappa shape index (κ3) is 4.71. The van der Waals surface area contributed by atoms with Gasteiger partial charge >= 0.3 is 6.36 Å². The first kappa shape index (κ1) is 21.3. The summed E-state index contributed by atoms with van der Waals surface area (Å²) in [6, 6.07) is 11.3. The minimum absolute atomic E-state index is 0.0288. The van der Waals surface area contributed by atoms with Crippen LogP contribution in [0.1, 0.15) is 16.9 Å². The van der Waals surface area contributed by atoms with E-state index in [0.29, 0.717) is 5.69 Å². The van der Waals surface area contributed by atoms with Gasteiger partial charge in [0.15, 0.2) is 5.69 Å². The molecule has 1 aromatic heterocycles. The number of rotatable bonds is 5. The van der Waals surface area contributed by atoms with Crippen molar-refractivity contribution < 1.29 is 31.9 Å². The quantitative estimate of drug-likeness (QED) is 0.607. The van der Waals surface area contributed by atoms with Gasteiger partial charge in [0, 0.05) is 24.5 Å². The van der Waals surface area contributed by atoms with Crippen molar-refractivity contribution in [3.63, 3.8) is 0 Å². The lowest BCUT2D eigenvalue weighted by atomic mass is 10.2. The predicted octanol–water partition coefficient (Wildman–Crippen LogP) is 3.45. The summed E-state index contributed by atoms with van der Waals surface area (Å²) in [4.78, 5) is 26.5. The SMILES string of the molecule is O=C(NC1CCN(c2cccc(OC(F)(F)F)c2)C1=O)c1ccn(-c2cccc(F)c2)n1. The second kappa shape index (κ2) is 8.33. The van der Waals surface area contributed by atoms with Crippen LogP contribution in [0.15, 0.2) is 60.8 Å². The van der Waals surface area contributed by atoms with Gasteiger partial charge in [0.25, 0.3) is 5.91 Å². The Balaban J connectivity index is 1.43. The average Bonchev–Trinajstić information content (AvgIpc) is 3.35. The standard InChI is InChI=1S/C21H16F4N4O3/c22-13-3-1-5-15(11-13)29-10-8-17(27-29)19(30)26-18-7-9-28(20(18)31)14-4-2-6-16(12-14)32-21(23,24)25/h1-6,8,10-12,18H,7,9H2,(H,26,30). The fourth-order valence-corrected chi connectivity index (χ4v) is 3.36. The number of aromatic nitrogens is 2. The van der Waals surface area contributed by atoms with Gasteiger partial charge < -0.3 is 15.0 Å². The molecular formula is C21H16F4N4O3. The van der Waals surface area contributed by atoms with Gasteiger partial charge in [-0.05, 0) is 42.8 Å². The number of anilines is 1. The van der Waals surface area contributed by atoms with Crippen molar-refractivity contribution in [3.05, 3.63) is 72.3 Å². The van der Waals surface area contributed by atoms with E-state index in [1.807, 2.05) is 0 Å². The molecule has 32 heavy (non-hydrogen) atoms. The van der Waals surface area contributed by atoms with Gasteiger partial charge in [-0.15, -0.1) is 13.2 Å². The Morgan fingerprint density at radius 3 is 2.59 bits per heavy atom. The van der Waals surface area contributed by atoms with Crippen LogP contribution in [0.5, 0.6) is 5.75 Å². The zero-order valence-corrected chi connectivity index (χ0v) is 16.3. The van der Waals surface area contributed by atoms with Gasteiger partial charge in [-0.1, -0.05) is 12.1 Å². The summed E-state index contributed by atoms with van der Waals surface area (Å²) in [6.07, 6.45) is -3.10. The third-order valence-corrected chi connectivity index (χ3v) is 4.77. The van der Waals surface area contributed by atoms with Gasteiger partial charge in [-0.2, -0.15) is 5.10 Å². The Morgan fingerprint density at radius 1 is 1.09 bits per heavy atom. The van der Waals surface area contributed by atoms with E-state index in [1.54, 1.807) is 6.07 Å². The molecule has 1 aliphatic rings. The number of nitrogens with one attached hydrogen (secondary N) is 1. The average molecular weight is 448 g/mol. The van der Waals surface area contributed by atoms with Crippen molar-refractivity contribution in [2.24, 2.45) is 0 Å². The number of ether oxygens (including phenoxy) is 1. The number of halogens is 4. The van der Waals surface area contributed by atoms with Crippen LogP contribution in [-0.2, 0) is 4.79 Å². The Hall–Kier alpha value is -3.89. The highest BCUT2D eigenvalue weighted by Crippen LogP contribution is 2.29. The van der Waals surface area contributed by atoms with Crippen LogP contribution in [-0.4, -0.2) is 40.5 Å². The number of amides is 2. The van der Waals surface area contributed by atoms with Crippen LogP contribution in [0.25, 0.3) is 5.69 Å². The van der Waals surface area contributed by atoms with Crippen LogP contribution in [0.2, 0.25) is 0 Å². The fourth-order valence-electron chi connectivity index (χ4n) is 3.36. The molecule has 11 heteroatoms. The number of hydrogen-bond donors (Lipinski definition) is 1. The maximum atomic E-state index is 13.4. The Labute approximate surface area is 179 Å². The van der Waals surface area contributed by atoms with Crippen molar-refractivity contribution in [1.82, 2.24) is 15.1 Å². The zero-order valence-electron chi connectivity index (χ0n) is 16.3. The molecular weight excluding hydrogens is 432 g/mol. The lowest BCUT2D eigenvalue weighted by Crippen LogP contribution is -2.41. The lowest BCUT2D eigenvalue weighted by Gasteiger charge is -2.18. The molecule has 1 unspecified atom stereocenters. The van der Waals surface area contributed by atoms with Crippen molar-refractivity contribution in [2.75, 3.05) is 11.4 Å². The Morgan fingerprint density at radius 2 is 1.84 bits per heavy atom. The first-order chi connectivity index (χ1) is 15.2. The largest absolute Gasteiger partial charge is 0.573 e. The zero-order chi connectivity index (χ0) is 22.9. The molecule has 0 spiro atoms. The maximum absolute atomic E-state index is 13.4. The first-order valence-corrected chi connectivity index (χ1v) is 9.49. The molecule has 0 saturated carbocycles. The van der Waals surface area contributed by atoms with E-state index in [9.17, 15) is 27.2 Å². The van der Waals surface area contributed by atoms with E-state index >= 15 is 0 Å². The molecule has 2 aromatic carbocycles. The molecule has 7 nitrogen and oxygen atoms in total. The van der Waals surface area contributed by atoms with E-state index < -0.39 is 35.8 Å². The van der Waals surface area contributed by atoms with E-state index in [0.717, 1.165) is 12.1 Å². The third-order valence-electron chi connectivity index (χ3n) is 4.77. The summed E-state index contributed by atoms with van der Waals surface area (Å²) >= 11 is 0. The van der Waals surface area contributed by atoms with Gasteiger partial charge in [0.05, 0.1) is 5.69 Å². The van der Waals surface area contributed by atoms with Gasteiger partial charge in [-0.3, -0.25) is 9.59 Å². The predicted molar refractivity (Wildman–Crippen MR) is 105 cm³/mol. The second-order valence-electron chi connectivity index (χ2n) is 6.98. The molecule has 1 saturated heterocycles. The van der Waals surface area contributed by atoms with Crippen molar-refractivity contribution in [1.29, 1.82) is 0 Å². The van der Waals surface area contributed by atoms with Crippen molar-refractivity contribution in [2.45, 2.75) is 18.8 Å². The molecule has 1 N–H and O–H groups in total. The monoisotopic (exact) mass is 448 g/mol. The molecule has 0 radical (unpaired) electrons. The van der Waals surface area contributed by atoms with Gasteiger partial charge in [0.2, 0.25) is 5.91 Å². The van der Waals surface area contributed by atoms with Crippen LogP contribution >= 0.6 is 0 Å². The van der Waals surface area contributed by atoms with Crippen molar-refractivity contribution >= 4 is 17.5 Å². The van der Waals surface area contributed by atoms with Gasteiger partial charge in [-0.25, -0.2) is 9.07 Å². The van der Waals surface area contributed by atoms with E-state index in [1.165, 1.54) is 52.2 Å². The van der Waals surface area contributed by atoms with Crippen LogP contribution < -0.4 is 15.0 Å². The highest BCUT2D eigenvalue weighted by molar-refractivity contribution is 6.03. The lowest BCUT2D eigenvalue weighted by molar-refractivity contribution is -0.274. The molecule has 3 aromatic rings. The first-order valence-electron chi connectivity index (χ1n) is 9.49. The highest BCUT2D eigenvalue weighted by Gasteiger charge is 2.35. The molecule has 0 aliphatic carbocycles. The van der Waals surface area contributed by atoms with E-state index in [4.69, 9.17) is 0 Å². The molecule has 0 bridgehead atoms. The molecule has 1 aliphatic heterocycles. The Bertz CT molecular complexity index is 1160. The molecule has 4 rings (SSSR count). The second-order valence-corrected chi connectivity index (χ2v) is 6.98. The fraction of sp³-hybridized carbons (Fsp3) is 0.190. The van der Waals surface area contributed by atoms with Gasteiger partial charge in [0.1, 0.15) is 17.6 Å². The smallest absolute Gasteiger partial charge is 0.406 e. The number of benzene rings is 2. The van der Waals surface area contributed by atoms with Crippen LogP contribution in [0, 0.1) is 5.82 Å². The number of alkyl halides is 3. The molecule has 1 atom stereocenters. The number of carbonyl (C=O) groups excluding carboxylic acids is 2. The highest BCUT2D eigenvalue weighted by atomic mass is 19.4. The number of carbonyl (C=O) groups is 2. The van der Waals surface area contributed by atoms with E-state index in [2.05, 4.69) is 15.2 Å². The molecule has 2 amide bonds. The topological polar surface area (TPSA) is 76.5 Å². The summed E-state index contributed by atoms with van der Waals surface area (Å²) < 4.78 is 55.9. The number of nitrogens with zero attached hydrogens (tertiary/aromatic N) is 3. The summed E-state index contributed by atoms with van der Waals surface area (Å²) in [5.41, 5.74) is 0.679. The summed E-state index contributed by atoms with van der Waals surface area (Å²) in [6.45, 7) is 0.205. The maximum Gasteiger partial charge on any atom is 0.573 e. The normalized spacial score (nSPS) is 16.3.